The van der Waals surface area contributed by atoms with Crippen LogP contribution in [0, 0.1) is 5.41 Å². The Morgan fingerprint density at radius 2 is 2.04 bits per heavy atom. The molecule has 0 unspecified atom stereocenters. The Morgan fingerprint density at radius 3 is 2.60 bits per heavy atom. The largest absolute Gasteiger partial charge is 0.490 e. The third kappa shape index (κ3) is 4.18. The van der Waals surface area contributed by atoms with Crippen LogP contribution < -0.4 is 15.2 Å². The van der Waals surface area contributed by atoms with Gasteiger partial charge in [-0.05, 0) is 38.8 Å². The quantitative estimate of drug-likeness (QED) is 0.802. The van der Waals surface area contributed by atoms with Gasteiger partial charge in [0.1, 0.15) is 0 Å². The van der Waals surface area contributed by atoms with E-state index < -0.39 is 5.41 Å². The number of nitrogens with two attached hydrogens (primary N) is 1. The van der Waals surface area contributed by atoms with E-state index in [2.05, 4.69) is 0 Å². The molecule has 0 radical (unpaired) electrons. The number of likely N-dealkylation sites (tertiary alicyclic amines) is 1. The fourth-order valence-electron chi connectivity index (χ4n) is 2.82. The van der Waals surface area contributed by atoms with E-state index in [0.29, 0.717) is 54.8 Å². The smallest absolute Gasteiger partial charge is 0.254 e. The molecule has 1 aromatic rings. The molecule has 7 heteroatoms. The van der Waals surface area contributed by atoms with E-state index in [1.54, 1.807) is 24.0 Å². The summed E-state index contributed by atoms with van der Waals surface area (Å²) in [7, 11) is 0. The Balaban J connectivity index is 2.27. The van der Waals surface area contributed by atoms with Gasteiger partial charge >= 0.3 is 0 Å². The summed E-state index contributed by atoms with van der Waals surface area (Å²) in [6, 6.07) is 3.22. The van der Waals surface area contributed by atoms with Gasteiger partial charge in [-0.3, -0.25) is 9.59 Å². The molecular weight excluding hydrogens is 344 g/mol. The Hall–Kier alpha value is -1.95. The number of primary amides is 1. The maximum atomic E-state index is 12.8. The van der Waals surface area contributed by atoms with Gasteiger partial charge in [-0.15, -0.1) is 0 Å². The zero-order valence-corrected chi connectivity index (χ0v) is 15.7. The normalized spacial score (nSPS) is 19.8. The molecule has 0 bridgehead atoms. The summed E-state index contributed by atoms with van der Waals surface area (Å²) in [6.45, 7) is 7.35. The first-order chi connectivity index (χ1) is 11.8. The van der Waals surface area contributed by atoms with Crippen molar-refractivity contribution in [1.29, 1.82) is 0 Å². The van der Waals surface area contributed by atoms with Crippen LogP contribution in [0.15, 0.2) is 12.1 Å². The molecule has 2 N–H and O–H groups in total. The highest BCUT2D eigenvalue weighted by atomic mass is 35.5. The SMILES string of the molecule is CCCOc1c(Cl)cc(C(=O)N2CC[C@](C)(C(N)=O)C2)cc1OCC. The van der Waals surface area contributed by atoms with Crippen LogP contribution in [0.1, 0.15) is 44.0 Å². The highest BCUT2D eigenvalue weighted by Crippen LogP contribution is 2.38. The van der Waals surface area contributed by atoms with Gasteiger partial charge < -0.3 is 20.1 Å². The fraction of sp³-hybridized carbons (Fsp3) is 0.556. The van der Waals surface area contributed by atoms with Crippen molar-refractivity contribution in [2.24, 2.45) is 11.1 Å². The second kappa shape index (κ2) is 7.95. The molecule has 1 atom stereocenters. The molecule has 2 rings (SSSR count). The van der Waals surface area contributed by atoms with Crippen molar-refractivity contribution in [3.63, 3.8) is 0 Å². The summed E-state index contributed by atoms with van der Waals surface area (Å²) >= 11 is 6.31. The molecule has 1 heterocycles. The molecule has 2 amide bonds. The van der Waals surface area contributed by atoms with Gasteiger partial charge in [0.25, 0.3) is 5.91 Å². The van der Waals surface area contributed by atoms with E-state index in [0.717, 1.165) is 6.42 Å². The Kier molecular flexibility index (Phi) is 6.16. The zero-order chi connectivity index (χ0) is 18.6. The highest BCUT2D eigenvalue weighted by molar-refractivity contribution is 6.32. The van der Waals surface area contributed by atoms with Gasteiger partial charge in [-0.1, -0.05) is 18.5 Å². The number of ether oxygens (including phenoxy) is 2. The maximum Gasteiger partial charge on any atom is 0.254 e. The molecule has 0 spiro atoms. The lowest BCUT2D eigenvalue weighted by atomic mass is 9.89. The predicted molar refractivity (Wildman–Crippen MR) is 96.2 cm³/mol. The molecule has 138 valence electrons. The third-order valence-electron chi connectivity index (χ3n) is 4.36. The van der Waals surface area contributed by atoms with Gasteiger partial charge in [0, 0.05) is 18.7 Å². The number of rotatable bonds is 7. The van der Waals surface area contributed by atoms with E-state index >= 15 is 0 Å². The van der Waals surface area contributed by atoms with Gasteiger partial charge in [0.2, 0.25) is 5.91 Å². The Morgan fingerprint density at radius 1 is 1.32 bits per heavy atom. The average molecular weight is 369 g/mol. The van der Waals surface area contributed by atoms with Crippen LogP contribution in [0.25, 0.3) is 0 Å². The van der Waals surface area contributed by atoms with Crippen LogP contribution in [-0.4, -0.2) is 43.0 Å². The minimum absolute atomic E-state index is 0.199. The first kappa shape index (κ1) is 19.4. The number of hydrogen-bond acceptors (Lipinski definition) is 4. The van der Waals surface area contributed by atoms with Crippen LogP contribution in [0.3, 0.4) is 0 Å². The zero-order valence-electron chi connectivity index (χ0n) is 14.9. The number of halogens is 1. The Bertz CT molecular complexity index is 665. The average Bonchev–Trinajstić information content (AvgIpc) is 2.97. The molecule has 0 saturated carbocycles. The number of hydrogen-bond donors (Lipinski definition) is 1. The summed E-state index contributed by atoms with van der Waals surface area (Å²) in [5.74, 6) is 0.308. The topological polar surface area (TPSA) is 81.9 Å². The monoisotopic (exact) mass is 368 g/mol. The van der Waals surface area contributed by atoms with E-state index in [4.69, 9.17) is 26.8 Å². The van der Waals surface area contributed by atoms with Crippen LogP contribution in [0.2, 0.25) is 5.02 Å². The first-order valence-electron chi connectivity index (χ1n) is 8.50. The molecule has 25 heavy (non-hydrogen) atoms. The molecule has 0 aliphatic carbocycles. The molecule has 1 fully saturated rings. The minimum Gasteiger partial charge on any atom is -0.490 e. The van der Waals surface area contributed by atoms with E-state index in [-0.39, 0.29) is 11.8 Å². The molecule has 1 aliphatic heterocycles. The van der Waals surface area contributed by atoms with Crippen molar-refractivity contribution in [2.75, 3.05) is 26.3 Å². The van der Waals surface area contributed by atoms with Gasteiger partial charge in [0.05, 0.1) is 23.7 Å². The van der Waals surface area contributed by atoms with Crippen molar-refractivity contribution < 1.29 is 19.1 Å². The molecule has 1 saturated heterocycles. The van der Waals surface area contributed by atoms with Crippen molar-refractivity contribution in [3.8, 4) is 11.5 Å². The molecule has 1 aliphatic rings. The minimum atomic E-state index is -0.688. The van der Waals surface area contributed by atoms with Crippen LogP contribution >= 0.6 is 11.6 Å². The molecule has 0 aromatic heterocycles. The summed E-state index contributed by atoms with van der Waals surface area (Å²) in [5.41, 5.74) is 5.17. The number of carbonyl (C=O) groups excluding carboxylic acids is 2. The summed E-state index contributed by atoms with van der Waals surface area (Å²) in [4.78, 5) is 26.0. The van der Waals surface area contributed by atoms with E-state index in [9.17, 15) is 9.59 Å². The van der Waals surface area contributed by atoms with Gasteiger partial charge in [-0.2, -0.15) is 0 Å². The lowest BCUT2D eigenvalue weighted by Gasteiger charge is -2.22. The lowest BCUT2D eigenvalue weighted by molar-refractivity contribution is -0.126. The van der Waals surface area contributed by atoms with E-state index in [1.807, 2.05) is 13.8 Å². The van der Waals surface area contributed by atoms with Gasteiger partial charge in [-0.25, -0.2) is 0 Å². The molecule has 6 nitrogen and oxygen atoms in total. The predicted octanol–water partition coefficient (Wildman–Crippen LogP) is 2.87. The number of benzene rings is 1. The number of amides is 2. The second-order valence-corrected chi connectivity index (χ2v) is 6.88. The Labute approximate surface area is 153 Å². The summed E-state index contributed by atoms with van der Waals surface area (Å²) in [5, 5.41) is 0.333. The van der Waals surface area contributed by atoms with Gasteiger partial charge in [0.15, 0.2) is 11.5 Å². The summed E-state index contributed by atoms with van der Waals surface area (Å²) < 4.78 is 11.2. The lowest BCUT2D eigenvalue weighted by Crippen LogP contribution is -2.38. The van der Waals surface area contributed by atoms with Crippen LogP contribution in [-0.2, 0) is 4.79 Å². The van der Waals surface area contributed by atoms with Crippen LogP contribution in [0.5, 0.6) is 11.5 Å². The maximum absolute atomic E-state index is 12.8. The van der Waals surface area contributed by atoms with Crippen molar-refractivity contribution in [2.45, 2.75) is 33.6 Å². The van der Waals surface area contributed by atoms with Crippen LogP contribution in [0.4, 0.5) is 0 Å². The summed E-state index contributed by atoms with van der Waals surface area (Å²) in [6.07, 6.45) is 1.39. The standard InChI is InChI=1S/C18H25ClN2O4/c1-4-8-25-15-13(19)9-12(10-14(15)24-5-2)16(22)21-7-6-18(3,11-21)17(20)23/h9-10H,4-8,11H2,1-3H3,(H2,20,23)/t18-/m0/s1. The first-order valence-corrected chi connectivity index (χ1v) is 8.88. The van der Waals surface area contributed by atoms with E-state index in [1.165, 1.54) is 0 Å². The van der Waals surface area contributed by atoms with Crippen molar-refractivity contribution in [3.05, 3.63) is 22.7 Å². The fourth-order valence-corrected chi connectivity index (χ4v) is 3.08. The van der Waals surface area contributed by atoms with Crippen molar-refractivity contribution >= 4 is 23.4 Å². The number of carbonyl (C=O) groups is 2. The third-order valence-corrected chi connectivity index (χ3v) is 4.64. The molecule has 1 aromatic carbocycles. The number of nitrogens with zero attached hydrogens (tertiary/aromatic N) is 1. The second-order valence-electron chi connectivity index (χ2n) is 6.47. The van der Waals surface area contributed by atoms with Crippen molar-refractivity contribution in [1.82, 2.24) is 4.90 Å². The molecular formula is C18H25ClN2O4. The highest BCUT2D eigenvalue weighted by Gasteiger charge is 2.41.